The molecule has 0 unspecified atom stereocenters. The molecule has 2 aromatic carbocycles. The van der Waals surface area contributed by atoms with Gasteiger partial charge in [-0.2, -0.15) is 0 Å². The third kappa shape index (κ3) is 5.89. The summed E-state index contributed by atoms with van der Waals surface area (Å²) < 4.78 is 1.77. The second-order valence-electron chi connectivity index (χ2n) is 11.4. The number of benzene rings is 2. The van der Waals surface area contributed by atoms with Crippen LogP contribution in [0.1, 0.15) is 43.4 Å². The lowest BCUT2D eigenvalue weighted by Gasteiger charge is -2.28. The lowest BCUT2D eigenvalue weighted by molar-refractivity contribution is -0.134. The first kappa shape index (κ1) is 27.6. The van der Waals surface area contributed by atoms with Gasteiger partial charge in [0.15, 0.2) is 0 Å². The number of carbonyl (C=O) groups excluding carboxylic acids is 3. The maximum Gasteiger partial charge on any atom is 0.243 e. The molecule has 12 nitrogen and oxygen atoms in total. The molecule has 2 aliphatic heterocycles. The van der Waals surface area contributed by atoms with Crippen LogP contribution in [0.5, 0.6) is 0 Å². The maximum atomic E-state index is 13.9. The Labute approximate surface area is 243 Å². The van der Waals surface area contributed by atoms with E-state index in [2.05, 4.69) is 36.1 Å². The molecule has 3 amide bonds. The van der Waals surface area contributed by atoms with Crippen molar-refractivity contribution in [3.05, 3.63) is 77.9 Å². The second kappa shape index (κ2) is 11.7. The third-order valence-electron chi connectivity index (χ3n) is 8.01. The summed E-state index contributed by atoms with van der Waals surface area (Å²) in [4.78, 5) is 50.9. The first-order valence-electron chi connectivity index (χ1n) is 14.3. The van der Waals surface area contributed by atoms with Crippen LogP contribution < -0.4 is 16.0 Å². The minimum absolute atomic E-state index is 0.121. The van der Waals surface area contributed by atoms with E-state index in [1.807, 2.05) is 74.6 Å². The van der Waals surface area contributed by atoms with Crippen molar-refractivity contribution in [2.75, 3.05) is 6.54 Å². The number of aromatic amines is 1. The highest BCUT2D eigenvalue weighted by Gasteiger charge is 2.40. The fourth-order valence-corrected chi connectivity index (χ4v) is 5.77. The van der Waals surface area contributed by atoms with Crippen molar-refractivity contribution in [1.29, 1.82) is 0 Å². The van der Waals surface area contributed by atoms with Crippen LogP contribution >= 0.6 is 0 Å². The number of nitrogens with one attached hydrogen (secondary N) is 4. The van der Waals surface area contributed by atoms with Crippen molar-refractivity contribution in [3.63, 3.8) is 0 Å². The smallest absolute Gasteiger partial charge is 0.243 e. The second-order valence-corrected chi connectivity index (χ2v) is 11.4. The highest BCUT2D eigenvalue weighted by Crippen LogP contribution is 2.29. The van der Waals surface area contributed by atoms with Gasteiger partial charge in [0, 0.05) is 13.0 Å². The zero-order valence-corrected chi connectivity index (χ0v) is 23.7. The van der Waals surface area contributed by atoms with Crippen LogP contribution in [0.15, 0.2) is 60.8 Å². The SMILES string of the molecule is CC(C)[C@@H]1NC(=O)[C@@H]2C[C@@H](CN2Cc2nc3ccccc3[nH]2)n2cc(nn2)CNC(=O)[C@@H](Cc2ccccc2)NC1=O. The largest absolute Gasteiger partial charge is 0.349 e. The predicted molar refractivity (Wildman–Crippen MR) is 155 cm³/mol. The van der Waals surface area contributed by atoms with E-state index in [1.54, 1.807) is 4.68 Å². The molecule has 12 heteroatoms. The highest BCUT2D eigenvalue weighted by atomic mass is 16.2. The molecular weight excluding hydrogens is 534 g/mol. The number of amides is 3. The van der Waals surface area contributed by atoms with Crippen molar-refractivity contribution >= 4 is 28.8 Å². The zero-order valence-electron chi connectivity index (χ0n) is 23.7. The Morgan fingerprint density at radius 2 is 1.74 bits per heavy atom. The van der Waals surface area contributed by atoms with Crippen molar-refractivity contribution in [2.24, 2.45) is 5.92 Å². The van der Waals surface area contributed by atoms with Crippen molar-refractivity contribution in [1.82, 2.24) is 45.8 Å². The number of likely N-dealkylation sites (tertiary alicyclic amines) is 1. The van der Waals surface area contributed by atoms with Crippen LogP contribution in [0.3, 0.4) is 0 Å². The Hall–Kier alpha value is -4.58. The summed E-state index contributed by atoms with van der Waals surface area (Å²) >= 11 is 0. The van der Waals surface area contributed by atoms with Gasteiger partial charge >= 0.3 is 0 Å². The molecular formula is C30H35N9O3. The molecule has 42 heavy (non-hydrogen) atoms. The number of para-hydroxylation sites is 2. The quantitative estimate of drug-likeness (QED) is 0.284. The zero-order chi connectivity index (χ0) is 29.2. The van der Waals surface area contributed by atoms with Crippen LogP contribution in [0, 0.1) is 5.92 Å². The van der Waals surface area contributed by atoms with Crippen LogP contribution in [0.4, 0.5) is 0 Å². The average molecular weight is 570 g/mol. The maximum absolute atomic E-state index is 13.9. The molecule has 6 rings (SSSR count). The summed E-state index contributed by atoms with van der Waals surface area (Å²) in [6.07, 6.45) is 2.61. The molecule has 2 aromatic heterocycles. The lowest BCUT2D eigenvalue weighted by atomic mass is 10.00. The van der Waals surface area contributed by atoms with Gasteiger partial charge in [-0.1, -0.05) is 61.5 Å². The minimum Gasteiger partial charge on any atom is -0.349 e. The first-order valence-corrected chi connectivity index (χ1v) is 14.3. The Bertz CT molecular complexity index is 1550. The van der Waals surface area contributed by atoms with Gasteiger partial charge < -0.3 is 20.9 Å². The summed E-state index contributed by atoms with van der Waals surface area (Å²) in [5.74, 6) is -0.422. The number of H-pyrrole nitrogens is 1. The van der Waals surface area contributed by atoms with Crippen molar-refractivity contribution in [3.8, 4) is 0 Å². The van der Waals surface area contributed by atoms with Crippen LogP contribution in [-0.4, -0.2) is 72.3 Å². The monoisotopic (exact) mass is 569 g/mol. The molecule has 4 heterocycles. The number of fused-ring (bicyclic) bond motifs is 6. The van der Waals surface area contributed by atoms with Crippen molar-refractivity contribution < 1.29 is 14.4 Å². The molecule has 2 aliphatic rings. The molecule has 1 saturated heterocycles. The molecule has 4 N–H and O–H groups in total. The Balaban J connectivity index is 1.29. The van der Waals surface area contributed by atoms with Gasteiger partial charge in [-0.15, -0.1) is 5.10 Å². The fraction of sp³-hybridized carbons (Fsp3) is 0.400. The third-order valence-corrected chi connectivity index (χ3v) is 8.01. The normalized spacial score (nSPS) is 23.7. The van der Waals surface area contributed by atoms with E-state index in [0.717, 1.165) is 22.4 Å². The van der Waals surface area contributed by atoms with E-state index in [-0.39, 0.29) is 30.3 Å². The Morgan fingerprint density at radius 3 is 2.52 bits per heavy atom. The summed E-state index contributed by atoms with van der Waals surface area (Å²) in [5, 5.41) is 17.4. The molecule has 0 aliphatic carbocycles. The van der Waals surface area contributed by atoms with Crippen LogP contribution in [0.25, 0.3) is 11.0 Å². The summed E-state index contributed by atoms with van der Waals surface area (Å²) in [6.45, 7) is 4.90. The highest BCUT2D eigenvalue weighted by molar-refractivity contribution is 5.93. The molecule has 4 bridgehead atoms. The molecule has 0 radical (unpaired) electrons. The average Bonchev–Trinajstić information content (AvgIpc) is 3.72. The van der Waals surface area contributed by atoms with E-state index >= 15 is 0 Å². The lowest BCUT2D eigenvalue weighted by Crippen LogP contribution is -2.57. The molecule has 0 saturated carbocycles. The van der Waals surface area contributed by atoms with E-state index in [0.29, 0.717) is 31.6 Å². The van der Waals surface area contributed by atoms with Gasteiger partial charge in [0.1, 0.15) is 23.6 Å². The molecule has 218 valence electrons. The number of imidazole rings is 1. The predicted octanol–water partition coefficient (Wildman–Crippen LogP) is 1.47. The number of rotatable bonds is 5. The Morgan fingerprint density at radius 1 is 0.952 bits per heavy atom. The van der Waals surface area contributed by atoms with E-state index in [4.69, 9.17) is 4.98 Å². The standard InChI is InChI=1S/C30H35N9O3/c1-18(2)27-30(42)34-24(12-19-8-4-3-5-9-19)28(40)31-14-20-15-39(37-36-20)21-13-25(29(41)35-27)38(16-21)17-26-32-22-10-6-7-11-23(22)33-26/h3-11,15,18,21,24-25,27H,12-14,16-17H2,1-2H3,(H,31,40)(H,32,33)(H,34,42)(H,35,41)/t21-,24+,25-,27-/m0/s1. The fourth-order valence-electron chi connectivity index (χ4n) is 5.77. The summed E-state index contributed by atoms with van der Waals surface area (Å²) in [7, 11) is 0. The van der Waals surface area contributed by atoms with E-state index in [9.17, 15) is 14.4 Å². The topological polar surface area (TPSA) is 150 Å². The summed E-state index contributed by atoms with van der Waals surface area (Å²) in [5.41, 5.74) is 3.30. The van der Waals surface area contributed by atoms with Gasteiger partial charge in [-0.05, 0) is 30.0 Å². The van der Waals surface area contributed by atoms with E-state index < -0.39 is 24.0 Å². The number of hydrogen-bond acceptors (Lipinski definition) is 7. The minimum atomic E-state index is -0.834. The summed E-state index contributed by atoms with van der Waals surface area (Å²) in [6, 6.07) is 15.0. The number of aromatic nitrogens is 5. The molecule has 4 aromatic rings. The molecule has 0 spiro atoms. The van der Waals surface area contributed by atoms with Gasteiger partial charge in [0.05, 0.1) is 42.4 Å². The van der Waals surface area contributed by atoms with Gasteiger partial charge in [0.2, 0.25) is 17.7 Å². The molecule has 1 fully saturated rings. The van der Waals surface area contributed by atoms with Crippen LogP contribution in [-0.2, 0) is 33.9 Å². The first-order chi connectivity index (χ1) is 20.3. The van der Waals surface area contributed by atoms with Crippen LogP contribution in [0.2, 0.25) is 0 Å². The number of carbonyl (C=O) groups is 3. The Kier molecular flexibility index (Phi) is 7.70. The number of hydrogen-bond donors (Lipinski definition) is 4. The van der Waals surface area contributed by atoms with Gasteiger partial charge in [0.25, 0.3) is 0 Å². The van der Waals surface area contributed by atoms with Gasteiger partial charge in [-0.25, -0.2) is 9.67 Å². The van der Waals surface area contributed by atoms with E-state index in [1.165, 1.54) is 0 Å². The van der Waals surface area contributed by atoms with Crippen molar-refractivity contribution in [2.45, 2.75) is 63.9 Å². The van der Waals surface area contributed by atoms with Gasteiger partial charge in [-0.3, -0.25) is 19.3 Å². The molecule has 4 atom stereocenters. The number of nitrogens with zero attached hydrogens (tertiary/aromatic N) is 5.